The number of ether oxygens (including phenoxy) is 1. The minimum atomic E-state index is -3.67. The van der Waals surface area contributed by atoms with Gasteiger partial charge in [-0.05, 0) is 56.7 Å². The average molecular weight is 494 g/mol. The Labute approximate surface area is 196 Å². The summed E-state index contributed by atoms with van der Waals surface area (Å²) in [7, 11) is -1.83. The Morgan fingerprint density at radius 3 is 2.34 bits per heavy atom. The van der Waals surface area contributed by atoms with E-state index < -0.39 is 15.9 Å². The largest absolute Gasteiger partial charge is 0.373 e. The van der Waals surface area contributed by atoms with E-state index in [2.05, 4.69) is 4.99 Å². The normalized spacial score (nSPS) is 20.7. The van der Waals surface area contributed by atoms with Gasteiger partial charge >= 0.3 is 0 Å². The van der Waals surface area contributed by atoms with Crippen LogP contribution in [0.2, 0.25) is 5.02 Å². The highest BCUT2D eigenvalue weighted by molar-refractivity contribution is 7.89. The first kappa shape index (κ1) is 23.1. The van der Waals surface area contributed by atoms with Crippen molar-refractivity contribution < 1.29 is 17.9 Å². The SMILES string of the molecule is Cc1ccc(Cl)c2sc(=NC(=O)c3ccc(S(=O)(=O)N4CC(C)OC(C)C4)cc3)n(C)c12. The maximum Gasteiger partial charge on any atom is 0.279 e. The summed E-state index contributed by atoms with van der Waals surface area (Å²) in [4.78, 5) is 17.7. The molecule has 10 heteroatoms. The molecule has 0 spiro atoms. The summed E-state index contributed by atoms with van der Waals surface area (Å²) in [5, 5.41) is 0.612. The quantitative estimate of drug-likeness (QED) is 0.556. The van der Waals surface area contributed by atoms with Crippen molar-refractivity contribution in [1.82, 2.24) is 8.87 Å². The van der Waals surface area contributed by atoms with Crippen LogP contribution in [0.1, 0.15) is 29.8 Å². The minimum absolute atomic E-state index is 0.144. The Morgan fingerprint density at radius 2 is 1.75 bits per heavy atom. The highest BCUT2D eigenvalue weighted by Crippen LogP contribution is 2.28. The number of benzene rings is 2. The van der Waals surface area contributed by atoms with Crippen molar-refractivity contribution in [3.8, 4) is 0 Å². The number of thiazole rings is 1. The number of fused-ring (bicyclic) bond motifs is 1. The summed E-state index contributed by atoms with van der Waals surface area (Å²) in [6.45, 7) is 6.28. The lowest BCUT2D eigenvalue weighted by molar-refractivity contribution is -0.0440. The third kappa shape index (κ3) is 4.27. The molecule has 1 amide bonds. The third-order valence-corrected chi connectivity index (χ3v) is 8.86. The van der Waals surface area contributed by atoms with Gasteiger partial charge in [0.2, 0.25) is 10.0 Å². The summed E-state index contributed by atoms with van der Waals surface area (Å²) >= 11 is 7.66. The van der Waals surface area contributed by atoms with Crippen molar-refractivity contribution in [2.45, 2.75) is 37.9 Å². The maximum absolute atomic E-state index is 13.0. The Hall–Kier alpha value is -2.04. The van der Waals surface area contributed by atoms with E-state index in [1.165, 1.54) is 39.9 Å². The topological polar surface area (TPSA) is 81.0 Å². The molecule has 0 aliphatic carbocycles. The van der Waals surface area contributed by atoms with Gasteiger partial charge in [0.25, 0.3) is 5.91 Å². The number of halogens is 1. The smallest absolute Gasteiger partial charge is 0.279 e. The molecule has 1 aliphatic heterocycles. The molecular formula is C22H24ClN3O4S2. The first-order valence-corrected chi connectivity index (χ1v) is 12.8. The molecule has 0 N–H and O–H groups in total. The lowest BCUT2D eigenvalue weighted by Crippen LogP contribution is -2.48. The number of carbonyl (C=O) groups excluding carboxylic acids is 1. The number of sulfonamides is 1. The van der Waals surface area contributed by atoms with Crippen molar-refractivity contribution in [2.24, 2.45) is 12.0 Å². The van der Waals surface area contributed by atoms with Crippen LogP contribution < -0.4 is 4.80 Å². The predicted molar refractivity (Wildman–Crippen MR) is 126 cm³/mol. The molecule has 1 aliphatic rings. The average Bonchev–Trinajstić information content (AvgIpc) is 3.07. The highest BCUT2D eigenvalue weighted by Gasteiger charge is 2.32. The number of amides is 1. The fourth-order valence-electron chi connectivity index (χ4n) is 3.91. The molecule has 2 aromatic carbocycles. The van der Waals surface area contributed by atoms with E-state index in [0.29, 0.717) is 28.5 Å². The number of aromatic nitrogens is 1. The van der Waals surface area contributed by atoms with Crippen molar-refractivity contribution in [3.05, 3.63) is 57.3 Å². The third-order valence-electron chi connectivity index (χ3n) is 5.42. The summed E-state index contributed by atoms with van der Waals surface area (Å²) in [5.41, 5.74) is 2.29. The zero-order valence-corrected chi connectivity index (χ0v) is 20.6. The summed E-state index contributed by atoms with van der Waals surface area (Å²) in [6.07, 6.45) is -0.347. The van der Waals surface area contributed by atoms with Gasteiger partial charge in [-0.2, -0.15) is 9.30 Å². The molecule has 4 rings (SSSR count). The summed E-state index contributed by atoms with van der Waals surface area (Å²) in [6, 6.07) is 9.66. The van der Waals surface area contributed by atoms with Gasteiger partial charge in [0, 0.05) is 25.7 Å². The van der Waals surface area contributed by atoms with E-state index in [1.807, 2.05) is 44.5 Å². The fraction of sp³-hybridized carbons (Fsp3) is 0.364. The second kappa shape index (κ2) is 8.72. The lowest BCUT2D eigenvalue weighted by Gasteiger charge is -2.34. The standard InChI is InChI=1S/C22H24ClN3O4S2/c1-13-5-10-18(23)20-19(13)25(4)22(31-20)24-21(27)16-6-8-17(9-7-16)32(28,29)26-11-14(2)30-15(3)12-26/h5-10,14-15H,11-12H2,1-4H3. The van der Waals surface area contributed by atoms with E-state index in [1.54, 1.807) is 0 Å². The molecule has 170 valence electrons. The van der Waals surface area contributed by atoms with Crippen LogP contribution >= 0.6 is 22.9 Å². The number of carbonyl (C=O) groups is 1. The number of morpholine rings is 1. The van der Waals surface area contributed by atoms with Crippen LogP contribution in [-0.2, 0) is 21.8 Å². The molecule has 1 fully saturated rings. The van der Waals surface area contributed by atoms with Gasteiger partial charge < -0.3 is 9.30 Å². The molecule has 0 radical (unpaired) electrons. The molecule has 1 aromatic heterocycles. The van der Waals surface area contributed by atoms with Gasteiger partial charge in [-0.15, -0.1) is 0 Å². The molecular weight excluding hydrogens is 470 g/mol. The van der Waals surface area contributed by atoms with Crippen LogP contribution in [0.15, 0.2) is 46.3 Å². The van der Waals surface area contributed by atoms with Gasteiger partial charge in [0.15, 0.2) is 4.80 Å². The fourth-order valence-corrected chi connectivity index (χ4v) is 6.87. The molecule has 1 saturated heterocycles. The van der Waals surface area contributed by atoms with Gasteiger partial charge in [-0.1, -0.05) is 29.0 Å². The van der Waals surface area contributed by atoms with E-state index >= 15 is 0 Å². The van der Waals surface area contributed by atoms with E-state index in [4.69, 9.17) is 16.3 Å². The van der Waals surface area contributed by atoms with Gasteiger partial charge in [0.05, 0.1) is 32.3 Å². The molecule has 0 bridgehead atoms. The summed E-state index contributed by atoms with van der Waals surface area (Å²) in [5.74, 6) is -0.446. The predicted octanol–water partition coefficient (Wildman–Crippen LogP) is 3.74. The molecule has 3 aromatic rings. The Kier molecular flexibility index (Phi) is 6.30. The van der Waals surface area contributed by atoms with Crippen LogP contribution in [0.3, 0.4) is 0 Å². The van der Waals surface area contributed by atoms with Crippen molar-refractivity contribution in [2.75, 3.05) is 13.1 Å². The van der Waals surface area contributed by atoms with Gasteiger partial charge in [0.1, 0.15) is 0 Å². The number of hydrogen-bond donors (Lipinski definition) is 0. The Balaban J connectivity index is 1.63. The van der Waals surface area contributed by atoms with Crippen LogP contribution in [0, 0.1) is 6.92 Å². The molecule has 2 heterocycles. The Bertz CT molecular complexity index is 1350. The maximum atomic E-state index is 13.0. The van der Waals surface area contributed by atoms with Crippen molar-refractivity contribution in [1.29, 1.82) is 0 Å². The highest BCUT2D eigenvalue weighted by atomic mass is 35.5. The van der Waals surface area contributed by atoms with Crippen molar-refractivity contribution in [3.63, 3.8) is 0 Å². The Morgan fingerprint density at radius 1 is 1.12 bits per heavy atom. The molecule has 0 saturated carbocycles. The van der Waals surface area contributed by atoms with Crippen LogP contribution in [0.4, 0.5) is 0 Å². The van der Waals surface area contributed by atoms with Crippen LogP contribution in [-0.4, -0.2) is 48.5 Å². The zero-order chi connectivity index (χ0) is 23.2. The molecule has 32 heavy (non-hydrogen) atoms. The summed E-state index contributed by atoms with van der Waals surface area (Å²) < 4.78 is 35.8. The number of hydrogen-bond acceptors (Lipinski definition) is 5. The van der Waals surface area contributed by atoms with Gasteiger partial charge in [-0.25, -0.2) is 8.42 Å². The molecule has 2 unspecified atom stereocenters. The van der Waals surface area contributed by atoms with Gasteiger partial charge in [-0.3, -0.25) is 4.79 Å². The molecule has 7 nitrogen and oxygen atoms in total. The first-order valence-electron chi connectivity index (χ1n) is 10.2. The monoisotopic (exact) mass is 493 g/mol. The number of rotatable bonds is 3. The number of aryl methyl sites for hydroxylation is 2. The van der Waals surface area contributed by atoms with Crippen LogP contribution in [0.5, 0.6) is 0 Å². The lowest BCUT2D eigenvalue weighted by atomic mass is 10.2. The molecule has 2 atom stereocenters. The van der Waals surface area contributed by atoms with E-state index in [-0.39, 0.29) is 17.1 Å². The van der Waals surface area contributed by atoms with E-state index in [9.17, 15) is 13.2 Å². The first-order chi connectivity index (χ1) is 15.1. The van der Waals surface area contributed by atoms with Crippen LogP contribution in [0.25, 0.3) is 10.2 Å². The second-order valence-electron chi connectivity index (χ2n) is 8.01. The number of nitrogens with zero attached hydrogens (tertiary/aromatic N) is 3. The van der Waals surface area contributed by atoms with E-state index in [0.717, 1.165) is 15.8 Å². The minimum Gasteiger partial charge on any atom is -0.373 e. The zero-order valence-electron chi connectivity index (χ0n) is 18.2. The second-order valence-corrected chi connectivity index (χ2v) is 11.3. The van der Waals surface area contributed by atoms with Crippen molar-refractivity contribution >= 4 is 49.1 Å².